The van der Waals surface area contributed by atoms with Crippen molar-refractivity contribution in [2.45, 2.75) is 76.6 Å². The third-order valence-corrected chi connectivity index (χ3v) is 8.97. The predicted octanol–water partition coefficient (Wildman–Crippen LogP) is 2.17. The standard InChI is InChI=1S/C32H44N4O6S/c1-20(2)26(35-25(37)18-42-6)29(39)34-24(16-22-13-8-7-9-14-22)27(38)31(41)36-19-43-32(4,5)28(36)30(40)33-17-23-15-11-10-12-21(23)3/h7-15,20,24,26-28,38H,16-19H2,1-6H3,(H,33,40)(H,34,39)(H,35,37)/t24-,26?,27-,28?/m0/s1. The first-order valence-corrected chi connectivity index (χ1v) is 15.4. The van der Waals surface area contributed by atoms with E-state index >= 15 is 0 Å². The zero-order chi connectivity index (χ0) is 31.7. The summed E-state index contributed by atoms with van der Waals surface area (Å²) in [5, 5.41) is 19.9. The molecule has 234 valence electrons. The number of ether oxygens (including phenoxy) is 1. The lowest BCUT2D eigenvalue weighted by Crippen LogP contribution is -2.60. The minimum absolute atomic E-state index is 0.158. The van der Waals surface area contributed by atoms with Crippen LogP contribution in [0.4, 0.5) is 0 Å². The van der Waals surface area contributed by atoms with Crippen LogP contribution in [-0.4, -0.2) is 82.2 Å². The van der Waals surface area contributed by atoms with E-state index in [0.717, 1.165) is 16.7 Å². The molecular weight excluding hydrogens is 568 g/mol. The van der Waals surface area contributed by atoms with Crippen LogP contribution in [0.5, 0.6) is 0 Å². The van der Waals surface area contributed by atoms with E-state index in [0.29, 0.717) is 6.54 Å². The zero-order valence-corrected chi connectivity index (χ0v) is 26.6. The molecule has 2 aromatic carbocycles. The van der Waals surface area contributed by atoms with E-state index < -0.39 is 46.7 Å². The fourth-order valence-corrected chi connectivity index (χ4v) is 6.25. The molecule has 4 atom stereocenters. The summed E-state index contributed by atoms with van der Waals surface area (Å²) in [6.07, 6.45) is -1.49. The maximum atomic E-state index is 13.9. The molecule has 0 aliphatic carbocycles. The Balaban J connectivity index is 1.83. The lowest BCUT2D eigenvalue weighted by molar-refractivity contribution is -0.148. The van der Waals surface area contributed by atoms with Crippen molar-refractivity contribution in [1.29, 1.82) is 0 Å². The van der Waals surface area contributed by atoms with Crippen molar-refractivity contribution in [3.8, 4) is 0 Å². The topological polar surface area (TPSA) is 137 Å². The first-order valence-electron chi connectivity index (χ1n) is 14.4. The summed E-state index contributed by atoms with van der Waals surface area (Å²) in [4.78, 5) is 54.5. The number of aliphatic hydroxyl groups excluding tert-OH is 1. The number of methoxy groups -OCH3 is 1. The van der Waals surface area contributed by atoms with Crippen LogP contribution >= 0.6 is 11.8 Å². The molecule has 1 aliphatic rings. The van der Waals surface area contributed by atoms with Crippen molar-refractivity contribution < 1.29 is 29.0 Å². The van der Waals surface area contributed by atoms with E-state index in [4.69, 9.17) is 4.74 Å². The molecule has 0 saturated carbocycles. The van der Waals surface area contributed by atoms with Crippen LogP contribution in [0.2, 0.25) is 0 Å². The van der Waals surface area contributed by atoms with Gasteiger partial charge in [0.25, 0.3) is 5.91 Å². The molecule has 0 bridgehead atoms. The largest absolute Gasteiger partial charge is 0.381 e. The quantitative estimate of drug-likeness (QED) is 0.272. The van der Waals surface area contributed by atoms with Crippen LogP contribution in [0.1, 0.15) is 44.4 Å². The van der Waals surface area contributed by atoms with Gasteiger partial charge in [-0.2, -0.15) is 0 Å². The van der Waals surface area contributed by atoms with Gasteiger partial charge in [0.2, 0.25) is 17.7 Å². The fraction of sp³-hybridized carbons (Fsp3) is 0.500. The Hall–Kier alpha value is -3.41. The van der Waals surface area contributed by atoms with Crippen LogP contribution in [0, 0.1) is 12.8 Å². The molecule has 3 rings (SSSR count). The second-order valence-corrected chi connectivity index (χ2v) is 13.3. The van der Waals surface area contributed by atoms with Crippen molar-refractivity contribution in [2.24, 2.45) is 5.92 Å². The third-order valence-electron chi connectivity index (χ3n) is 7.59. The van der Waals surface area contributed by atoms with Gasteiger partial charge >= 0.3 is 0 Å². The summed E-state index contributed by atoms with van der Waals surface area (Å²) in [6.45, 7) is 9.44. The van der Waals surface area contributed by atoms with Gasteiger partial charge in [0.05, 0.1) is 11.9 Å². The number of hydrogen-bond donors (Lipinski definition) is 4. The minimum Gasteiger partial charge on any atom is -0.381 e. The van der Waals surface area contributed by atoms with Crippen LogP contribution in [0.3, 0.4) is 0 Å². The Kier molecular flexibility index (Phi) is 12.2. The fourth-order valence-electron chi connectivity index (χ4n) is 5.11. The predicted molar refractivity (Wildman–Crippen MR) is 167 cm³/mol. The number of aryl methyl sites for hydroxylation is 1. The molecule has 0 aromatic heterocycles. The average Bonchev–Trinajstić information content (AvgIpc) is 3.29. The van der Waals surface area contributed by atoms with Crippen molar-refractivity contribution in [2.75, 3.05) is 19.6 Å². The van der Waals surface area contributed by atoms with Crippen LogP contribution < -0.4 is 16.0 Å². The minimum atomic E-state index is -1.65. The summed E-state index contributed by atoms with van der Waals surface area (Å²) < 4.78 is 4.26. The lowest BCUT2D eigenvalue weighted by Gasteiger charge is -2.34. The normalized spacial score (nSPS) is 18.0. The molecule has 1 fully saturated rings. The maximum Gasteiger partial charge on any atom is 0.254 e. The Morgan fingerprint density at radius 1 is 1.05 bits per heavy atom. The van der Waals surface area contributed by atoms with Crippen LogP contribution in [0.25, 0.3) is 0 Å². The van der Waals surface area contributed by atoms with E-state index in [9.17, 15) is 24.3 Å². The van der Waals surface area contributed by atoms with Gasteiger partial charge in [-0.15, -0.1) is 11.8 Å². The van der Waals surface area contributed by atoms with Crippen molar-refractivity contribution >= 4 is 35.4 Å². The van der Waals surface area contributed by atoms with Crippen molar-refractivity contribution in [3.63, 3.8) is 0 Å². The number of aliphatic hydroxyl groups is 1. The van der Waals surface area contributed by atoms with Gasteiger partial charge in [0.15, 0.2) is 6.10 Å². The molecule has 1 heterocycles. The average molecular weight is 613 g/mol. The number of carbonyl (C=O) groups excluding carboxylic acids is 4. The lowest BCUT2D eigenvalue weighted by atomic mass is 9.96. The Morgan fingerprint density at radius 3 is 2.33 bits per heavy atom. The molecule has 0 spiro atoms. The highest BCUT2D eigenvalue weighted by Crippen LogP contribution is 2.40. The number of benzene rings is 2. The first kappa shape index (κ1) is 34.1. The second kappa shape index (κ2) is 15.4. The van der Waals surface area contributed by atoms with Gasteiger partial charge in [-0.1, -0.05) is 68.4 Å². The zero-order valence-electron chi connectivity index (χ0n) is 25.8. The van der Waals surface area contributed by atoms with E-state index in [1.807, 2.05) is 75.4 Å². The van der Waals surface area contributed by atoms with Gasteiger partial charge < -0.3 is 30.7 Å². The number of thioether (sulfide) groups is 1. The van der Waals surface area contributed by atoms with Crippen molar-refractivity contribution in [3.05, 3.63) is 71.3 Å². The monoisotopic (exact) mass is 612 g/mol. The number of amides is 4. The van der Waals surface area contributed by atoms with E-state index in [1.165, 1.54) is 23.8 Å². The van der Waals surface area contributed by atoms with Crippen molar-refractivity contribution in [1.82, 2.24) is 20.9 Å². The smallest absolute Gasteiger partial charge is 0.254 e. The molecule has 2 unspecified atom stereocenters. The van der Waals surface area contributed by atoms with Gasteiger partial charge in [-0.3, -0.25) is 19.2 Å². The summed E-state index contributed by atoms with van der Waals surface area (Å²) in [5.74, 6) is -2.02. The van der Waals surface area contributed by atoms with Gasteiger partial charge in [0, 0.05) is 18.4 Å². The highest BCUT2D eigenvalue weighted by Gasteiger charge is 2.50. The molecule has 4 amide bonds. The maximum absolute atomic E-state index is 13.9. The van der Waals surface area contributed by atoms with Gasteiger partial charge in [-0.05, 0) is 49.8 Å². The number of nitrogens with one attached hydrogen (secondary N) is 3. The highest BCUT2D eigenvalue weighted by molar-refractivity contribution is 8.00. The number of carbonyl (C=O) groups is 4. The molecular formula is C32H44N4O6S. The molecule has 0 radical (unpaired) electrons. The van der Waals surface area contributed by atoms with Gasteiger partial charge in [-0.25, -0.2) is 0 Å². The Labute approximate surface area is 258 Å². The molecule has 1 saturated heterocycles. The molecule has 10 nitrogen and oxygen atoms in total. The van der Waals surface area contributed by atoms with Gasteiger partial charge in [0.1, 0.15) is 18.7 Å². The highest BCUT2D eigenvalue weighted by atomic mass is 32.2. The molecule has 43 heavy (non-hydrogen) atoms. The second-order valence-electron chi connectivity index (χ2n) is 11.7. The number of nitrogens with zero attached hydrogens (tertiary/aromatic N) is 1. The number of hydrogen-bond acceptors (Lipinski definition) is 7. The first-order chi connectivity index (χ1) is 20.4. The molecule has 2 aromatic rings. The summed E-state index contributed by atoms with van der Waals surface area (Å²) >= 11 is 1.45. The van der Waals surface area contributed by atoms with E-state index in [1.54, 1.807) is 13.8 Å². The summed E-state index contributed by atoms with van der Waals surface area (Å²) in [7, 11) is 1.38. The van der Waals surface area contributed by atoms with Crippen LogP contribution in [-0.2, 0) is 36.9 Å². The molecule has 1 aliphatic heterocycles. The SMILES string of the molecule is COCC(=O)NC(C(=O)N[C@@H](Cc1ccccc1)[C@H](O)C(=O)N1CSC(C)(C)C1C(=O)NCc1ccccc1C)C(C)C. The summed E-state index contributed by atoms with van der Waals surface area (Å²) in [6, 6.07) is 14.2. The van der Waals surface area contributed by atoms with E-state index in [-0.39, 0.29) is 30.7 Å². The third kappa shape index (κ3) is 9.04. The molecule has 11 heteroatoms. The van der Waals surface area contributed by atoms with Crippen LogP contribution in [0.15, 0.2) is 54.6 Å². The Morgan fingerprint density at radius 2 is 1.70 bits per heavy atom. The molecule has 4 N–H and O–H groups in total. The number of rotatable bonds is 13. The summed E-state index contributed by atoms with van der Waals surface area (Å²) in [5.41, 5.74) is 2.82. The Bertz CT molecular complexity index is 1270. The van der Waals surface area contributed by atoms with E-state index in [2.05, 4.69) is 16.0 Å².